The fraction of sp³-hybridized carbons (Fsp3) is 0.273. The Balaban J connectivity index is 1.91. The summed E-state index contributed by atoms with van der Waals surface area (Å²) < 4.78 is 55.4. The lowest BCUT2D eigenvalue weighted by Crippen LogP contribution is -2.17. The van der Waals surface area contributed by atoms with Crippen molar-refractivity contribution in [3.05, 3.63) is 59.4 Å². The lowest BCUT2D eigenvalue weighted by atomic mass is 10.1. The topological polar surface area (TPSA) is 62.3 Å². The molecular formula is C22H22ClF4N5O. The summed E-state index contributed by atoms with van der Waals surface area (Å²) in [6, 6.07) is 11.2. The van der Waals surface area contributed by atoms with Crippen molar-refractivity contribution >= 4 is 29.1 Å². The number of aromatic nitrogens is 2. The second kappa shape index (κ2) is 10.7. The number of hydrogen-bond donors (Lipinski definition) is 2. The van der Waals surface area contributed by atoms with Crippen LogP contribution in [0.25, 0.3) is 11.3 Å². The molecule has 33 heavy (non-hydrogen) atoms. The molecule has 1 aromatic heterocycles. The summed E-state index contributed by atoms with van der Waals surface area (Å²) in [5.41, 5.74) is 1.25. The fourth-order valence-electron chi connectivity index (χ4n) is 2.91. The highest BCUT2D eigenvalue weighted by Gasteiger charge is 2.31. The minimum Gasteiger partial charge on any atom is -0.406 e. The van der Waals surface area contributed by atoms with Crippen LogP contribution in [-0.4, -0.2) is 48.4 Å². The van der Waals surface area contributed by atoms with Gasteiger partial charge in [0.25, 0.3) is 0 Å². The Morgan fingerprint density at radius 2 is 1.85 bits per heavy atom. The van der Waals surface area contributed by atoms with Gasteiger partial charge in [0.1, 0.15) is 17.4 Å². The van der Waals surface area contributed by atoms with Gasteiger partial charge in [0.05, 0.1) is 10.7 Å². The molecule has 0 saturated carbocycles. The van der Waals surface area contributed by atoms with Crippen molar-refractivity contribution < 1.29 is 22.3 Å². The summed E-state index contributed by atoms with van der Waals surface area (Å²) in [7, 11) is 3.92. The van der Waals surface area contributed by atoms with Crippen LogP contribution in [0.3, 0.4) is 0 Å². The number of anilines is 3. The largest absolute Gasteiger partial charge is 0.573 e. The molecule has 0 radical (unpaired) electrons. The number of hydrogen-bond acceptors (Lipinski definition) is 6. The maximum absolute atomic E-state index is 13.5. The van der Waals surface area contributed by atoms with Crippen molar-refractivity contribution in [2.45, 2.75) is 12.8 Å². The Labute approximate surface area is 193 Å². The summed E-state index contributed by atoms with van der Waals surface area (Å²) in [6.07, 6.45) is -3.98. The summed E-state index contributed by atoms with van der Waals surface area (Å²) in [5.74, 6) is -0.293. The van der Waals surface area contributed by atoms with Crippen LogP contribution in [0.5, 0.6) is 5.75 Å². The Hall–Kier alpha value is -3.11. The first-order chi connectivity index (χ1) is 15.6. The summed E-state index contributed by atoms with van der Waals surface area (Å²) in [4.78, 5) is 10.9. The third-order valence-electron chi connectivity index (χ3n) is 4.35. The van der Waals surface area contributed by atoms with E-state index in [1.54, 1.807) is 12.1 Å². The van der Waals surface area contributed by atoms with Crippen molar-refractivity contribution in [2.24, 2.45) is 0 Å². The lowest BCUT2D eigenvalue weighted by Gasteiger charge is -2.14. The monoisotopic (exact) mass is 483 g/mol. The van der Waals surface area contributed by atoms with Crippen molar-refractivity contribution in [1.82, 2.24) is 14.9 Å². The number of nitrogens with one attached hydrogen (secondary N) is 2. The van der Waals surface area contributed by atoms with E-state index < -0.39 is 12.2 Å². The van der Waals surface area contributed by atoms with Gasteiger partial charge in [0, 0.05) is 23.9 Å². The van der Waals surface area contributed by atoms with Crippen LogP contribution in [-0.2, 0) is 0 Å². The summed E-state index contributed by atoms with van der Waals surface area (Å²) >= 11 is 5.85. The van der Waals surface area contributed by atoms with E-state index in [0.29, 0.717) is 29.3 Å². The van der Waals surface area contributed by atoms with Gasteiger partial charge in [-0.15, -0.1) is 13.2 Å². The highest BCUT2D eigenvalue weighted by atomic mass is 35.5. The minimum atomic E-state index is -4.81. The van der Waals surface area contributed by atoms with E-state index in [4.69, 9.17) is 11.6 Å². The molecule has 0 bridgehead atoms. The molecule has 0 aliphatic carbocycles. The zero-order valence-electron chi connectivity index (χ0n) is 17.9. The highest BCUT2D eigenvalue weighted by Crippen LogP contribution is 2.30. The number of nitrogens with zero attached hydrogens (tertiary/aromatic N) is 3. The zero-order chi connectivity index (χ0) is 24.0. The number of rotatable bonds is 9. The van der Waals surface area contributed by atoms with E-state index in [1.807, 2.05) is 19.0 Å². The molecule has 0 aliphatic rings. The van der Waals surface area contributed by atoms with Gasteiger partial charge in [0.15, 0.2) is 0 Å². The quantitative estimate of drug-likeness (QED) is 0.290. The van der Waals surface area contributed by atoms with Crippen LogP contribution < -0.4 is 15.4 Å². The zero-order valence-corrected chi connectivity index (χ0v) is 18.6. The molecule has 0 fully saturated rings. The molecular weight excluding hydrogens is 462 g/mol. The summed E-state index contributed by atoms with van der Waals surface area (Å²) in [5, 5.41) is 6.08. The number of ether oxygens (including phenoxy) is 1. The maximum atomic E-state index is 13.5. The number of halogens is 5. The van der Waals surface area contributed by atoms with E-state index in [0.717, 1.165) is 13.0 Å². The second-order valence-electron chi connectivity index (χ2n) is 7.38. The maximum Gasteiger partial charge on any atom is 0.573 e. The molecule has 0 atom stereocenters. The number of alkyl halides is 3. The first-order valence-corrected chi connectivity index (χ1v) is 10.3. The van der Waals surface area contributed by atoms with E-state index in [9.17, 15) is 17.6 Å². The molecule has 3 aromatic rings. The average Bonchev–Trinajstić information content (AvgIpc) is 2.73. The first kappa shape index (κ1) is 24.5. The van der Waals surface area contributed by atoms with Crippen LogP contribution in [0.2, 0.25) is 5.02 Å². The van der Waals surface area contributed by atoms with Gasteiger partial charge < -0.3 is 20.3 Å². The van der Waals surface area contributed by atoms with Gasteiger partial charge in [-0.05, 0) is 57.4 Å². The normalized spacial score (nSPS) is 11.5. The third kappa shape index (κ3) is 7.76. The Bertz CT molecular complexity index is 1090. The van der Waals surface area contributed by atoms with Crippen LogP contribution in [0, 0.1) is 5.82 Å². The molecule has 0 unspecified atom stereocenters. The SMILES string of the molecule is CN(C)CCCNc1nc(Nc2ccc(F)c(Cl)c2)cc(-c2cccc(OC(F)(F)F)c2)n1. The molecule has 6 nitrogen and oxygen atoms in total. The van der Waals surface area contributed by atoms with Crippen LogP contribution in [0.1, 0.15) is 6.42 Å². The molecule has 1 heterocycles. The lowest BCUT2D eigenvalue weighted by molar-refractivity contribution is -0.274. The average molecular weight is 484 g/mol. The molecule has 0 spiro atoms. The highest BCUT2D eigenvalue weighted by molar-refractivity contribution is 6.31. The van der Waals surface area contributed by atoms with Crippen LogP contribution >= 0.6 is 11.6 Å². The molecule has 2 aromatic carbocycles. The van der Waals surface area contributed by atoms with E-state index in [-0.39, 0.29) is 16.7 Å². The predicted molar refractivity (Wildman–Crippen MR) is 121 cm³/mol. The standard InChI is InChI=1S/C22H22ClF4N5O/c1-32(2)10-4-9-28-21-30-19(14-5-3-6-16(11-14)33-22(25,26)27)13-20(31-21)29-15-7-8-18(24)17(23)12-15/h3,5-8,11-13H,4,9-10H2,1-2H3,(H2,28,29,30,31). The molecule has 176 valence electrons. The predicted octanol–water partition coefficient (Wildman–Crippen LogP) is 5.94. The summed E-state index contributed by atoms with van der Waals surface area (Å²) in [6.45, 7) is 1.43. The molecule has 2 N–H and O–H groups in total. The molecule has 0 saturated heterocycles. The molecule has 11 heteroatoms. The van der Waals surface area contributed by atoms with Gasteiger partial charge >= 0.3 is 6.36 Å². The van der Waals surface area contributed by atoms with E-state index in [1.165, 1.54) is 36.4 Å². The number of benzene rings is 2. The van der Waals surface area contributed by atoms with Crippen LogP contribution in [0.4, 0.5) is 35.0 Å². The second-order valence-corrected chi connectivity index (χ2v) is 7.78. The van der Waals surface area contributed by atoms with E-state index in [2.05, 4.69) is 25.3 Å². The third-order valence-corrected chi connectivity index (χ3v) is 4.64. The Morgan fingerprint density at radius 1 is 1.06 bits per heavy atom. The van der Waals surface area contributed by atoms with Crippen molar-refractivity contribution in [3.63, 3.8) is 0 Å². The van der Waals surface area contributed by atoms with Crippen molar-refractivity contribution in [1.29, 1.82) is 0 Å². The van der Waals surface area contributed by atoms with Crippen LogP contribution in [0.15, 0.2) is 48.5 Å². The fourth-order valence-corrected chi connectivity index (χ4v) is 3.09. The van der Waals surface area contributed by atoms with Gasteiger partial charge in [0.2, 0.25) is 5.95 Å². The first-order valence-electron chi connectivity index (χ1n) is 9.95. The minimum absolute atomic E-state index is 0.0617. The van der Waals surface area contributed by atoms with Gasteiger partial charge in [-0.2, -0.15) is 4.98 Å². The molecule has 0 aliphatic heterocycles. The molecule has 3 rings (SSSR count). The smallest absolute Gasteiger partial charge is 0.406 e. The van der Waals surface area contributed by atoms with E-state index >= 15 is 0 Å². The van der Waals surface area contributed by atoms with Crippen molar-refractivity contribution in [2.75, 3.05) is 37.8 Å². The van der Waals surface area contributed by atoms with Gasteiger partial charge in [-0.1, -0.05) is 23.7 Å². The Morgan fingerprint density at radius 3 is 2.55 bits per heavy atom. The molecule has 0 amide bonds. The van der Waals surface area contributed by atoms with Crippen molar-refractivity contribution in [3.8, 4) is 17.0 Å². The Kier molecular flexibility index (Phi) is 7.93. The van der Waals surface area contributed by atoms with Gasteiger partial charge in [-0.25, -0.2) is 9.37 Å². The van der Waals surface area contributed by atoms with Gasteiger partial charge in [-0.3, -0.25) is 0 Å².